The van der Waals surface area contributed by atoms with E-state index in [1.165, 1.54) is 0 Å². The summed E-state index contributed by atoms with van der Waals surface area (Å²) in [5, 5.41) is 6.62. The molecule has 0 atom stereocenters. The Morgan fingerprint density at radius 2 is 1.57 bits per heavy atom. The molecule has 7 heteroatoms. The molecule has 2 N–H and O–H groups in total. The molecule has 1 aromatic heterocycles. The van der Waals surface area contributed by atoms with Gasteiger partial charge >= 0.3 is 0 Å². The molecule has 1 heterocycles. The number of fused-ring (bicyclic) bond motifs is 1. The number of nitrogens with zero attached hydrogens (tertiary/aromatic N) is 3. The number of carbonyl (C=O) groups is 2. The molecule has 0 unspecified atom stereocenters. The second-order valence-electron chi connectivity index (χ2n) is 10.7. The van der Waals surface area contributed by atoms with Crippen molar-refractivity contribution in [3.8, 4) is 0 Å². The smallest absolute Gasteiger partial charge is 0.253 e. The van der Waals surface area contributed by atoms with Crippen molar-refractivity contribution in [3.63, 3.8) is 0 Å². The molecule has 3 aromatic rings. The molecule has 0 bridgehead atoms. The van der Waals surface area contributed by atoms with Crippen LogP contribution in [0.2, 0.25) is 0 Å². The van der Waals surface area contributed by atoms with Crippen LogP contribution >= 0.6 is 0 Å². The fourth-order valence-electron chi connectivity index (χ4n) is 4.23. The number of carbonyl (C=O) groups excluding carboxylic acids is 2. The summed E-state index contributed by atoms with van der Waals surface area (Å²) in [6.45, 7) is 13.5. The molecule has 0 saturated carbocycles. The summed E-state index contributed by atoms with van der Waals surface area (Å²) in [6.07, 6.45) is 2.90. The quantitative estimate of drug-likeness (QED) is 0.204. The van der Waals surface area contributed by atoms with E-state index in [1.54, 1.807) is 6.92 Å². The van der Waals surface area contributed by atoms with Crippen LogP contribution in [0.25, 0.3) is 11.0 Å². The van der Waals surface area contributed by atoms with E-state index in [0.717, 1.165) is 68.1 Å². The number of hydrogen-bond acceptors (Lipinski definition) is 5. The Bertz CT molecular complexity index is 1170. The van der Waals surface area contributed by atoms with Crippen LogP contribution in [0.5, 0.6) is 0 Å². The van der Waals surface area contributed by atoms with Crippen molar-refractivity contribution in [3.05, 3.63) is 53.6 Å². The summed E-state index contributed by atoms with van der Waals surface area (Å²) >= 11 is 0. The van der Waals surface area contributed by atoms with Gasteiger partial charge in [0.2, 0.25) is 5.95 Å². The number of nitrogens with one attached hydrogen (secondary N) is 2. The maximum Gasteiger partial charge on any atom is 0.253 e. The summed E-state index contributed by atoms with van der Waals surface area (Å²) in [5.41, 5.74) is 4.03. The van der Waals surface area contributed by atoms with Crippen molar-refractivity contribution in [2.75, 3.05) is 32.0 Å². The van der Waals surface area contributed by atoms with Gasteiger partial charge in [0, 0.05) is 36.4 Å². The zero-order valence-corrected chi connectivity index (χ0v) is 23.3. The maximum atomic E-state index is 13.6. The van der Waals surface area contributed by atoms with E-state index in [4.69, 9.17) is 4.98 Å². The van der Waals surface area contributed by atoms with Crippen LogP contribution in [0.3, 0.4) is 0 Å². The Hall–Kier alpha value is -3.19. The molecule has 0 aliphatic heterocycles. The monoisotopic (exact) mass is 505 g/mol. The van der Waals surface area contributed by atoms with E-state index in [2.05, 4.69) is 42.9 Å². The highest BCUT2D eigenvalue weighted by Crippen LogP contribution is 2.25. The van der Waals surface area contributed by atoms with E-state index in [9.17, 15) is 9.59 Å². The van der Waals surface area contributed by atoms with Gasteiger partial charge in [-0.1, -0.05) is 27.7 Å². The molecule has 3 rings (SSSR count). The first-order valence-electron chi connectivity index (χ1n) is 13.5. The lowest BCUT2D eigenvalue weighted by Gasteiger charge is -2.24. The first kappa shape index (κ1) is 28.4. The predicted octanol–water partition coefficient (Wildman–Crippen LogP) is 6.13. The van der Waals surface area contributed by atoms with Crippen molar-refractivity contribution in [1.82, 2.24) is 19.8 Å². The molecule has 2 aromatic carbocycles. The molecule has 37 heavy (non-hydrogen) atoms. The molecule has 0 aliphatic carbocycles. The Morgan fingerprint density at radius 3 is 2.14 bits per heavy atom. The summed E-state index contributed by atoms with van der Waals surface area (Å²) in [4.78, 5) is 32.1. The Kier molecular flexibility index (Phi) is 10.3. The molecule has 200 valence electrons. The lowest BCUT2D eigenvalue weighted by Crippen LogP contribution is -2.34. The second-order valence-corrected chi connectivity index (χ2v) is 10.7. The molecule has 0 radical (unpaired) electrons. The van der Waals surface area contributed by atoms with Crippen LogP contribution in [0, 0.1) is 11.8 Å². The van der Waals surface area contributed by atoms with Crippen molar-refractivity contribution < 1.29 is 9.59 Å². The summed E-state index contributed by atoms with van der Waals surface area (Å²) in [7, 11) is 1.95. The summed E-state index contributed by atoms with van der Waals surface area (Å²) < 4.78 is 2.15. The van der Waals surface area contributed by atoms with Crippen LogP contribution in [0.4, 0.5) is 11.6 Å². The minimum atomic E-state index is 0.0406. The highest BCUT2D eigenvalue weighted by Gasteiger charge is 2.19. The molecule has 7 nitrogen and oxygen atoms in total. The normalized spacial score (nSPS) is 11.5. The number of benzene rings is 2. The van der Waals surface area contributed by atoms with Gasteiger partial charge < -0.3 is 20.1 Å². The molecule has 0 aliphatic rings. The first-order chi connectivity index (χ1) is 17.7. The molecule has 0 saturated heterocycles. The van der Waals surface area contributed by atoms with Gasteiger partial charge in [-0.25, -0.2) is 4.98 Å². The zero-order chi connectivity index (χ0) is 26.9. The number of hydrogen-bond donors (Lipinski definition) is 2. The number of aromatic nitrogens is 2. The molecule has 1 amide bonds. The molecule has 0 fully saturated rings. The molecular weight excluding hydrogens is 462 g/mol. The van der Waals surface area contributed by atoms with Gasteiger partial charge in [0.1, 0.15) is 0 Å². The Balaban J connectivity index is 1.93. The average Bonchev–Trinajstić information content (AvgIpc) is 3.20. The number of rotatable bonds is 14. The van der Waals surface area contributed by atoms with E-state index >= 15 is 0 Å². The van der Waals surface area contributed by atoms with E-state index in [0.29, 0.717) is 23.0 Å². The summed E-state index contributed by atoms with van der Waals surface area (Å²) in [5.74, 6) is 1.94. The van der Waals surface area contributed by atoms with E-state index < -0.39 is 0 Å². The van der Waals surface area contributed by atoms with Gasteiger partial charge in [0.25, 0.3) is 5.91 Å². The molecular formula is C30H43N5O2. The number of amides is 1. The van der Waals surface area contributed by atoms with Crippen molar-refractivity contribution in [1.29, 1.82) is 0 Å². The van der Waals surface area contributed by atoms with Crippen LogP contribution in [0.15, 0.2) is 42.5 Å². The van der Waals surface area contributed by atoms with Gasteiger partial charge in [0.15, 0.2) is 5.78 Å². The predicted molar refractivity (Wildman–Crippen MR) is 153 cm³/mol. The SMILES string of the molecule is CNCCCn1c(Nc2ccc(C(C)=O)cc2)nc2ccc(C(=O)N(CCC(C)C)CCC(C)C)cc21. The van der Waals surface area contributed by atoms with Crippen LogP contribution in [0.1, 0.15) is 74.6 Å². The minimum Gasteiger partial charge on any atom is -0.339 e. The van der Waals surface area contributed by atoms with Gasteiger partial charge in [-0.15, -0.1) is 0 Å². The third-order valence-electron chi connectivity index (χ3n) is 6.59. The minimum absolute atomic E-state index is 0.0406. The number of aryl methyl sites for hydroxylation is 1. The number of anilines is 2. The van der Waals surface area contributed by atoms with Gasteiger partial charge in [-0.2, -0.15) is 0 Å². The Labute approximate surface area is 221 Å². The van der Waals surface area contributed by atoms with Crippen molar-refractivity contribution in [2.45, 2.75) is 60.4 Å². The second kappa shape index (κ2) is 13.4. The topological polar surface area (TPSA) is 79.3 Å². The maximum absolute atomic E-state index is 13.6. The van der Waals surface area contributed by atoms with E-state index in [-0.39, 0.29) is 11.7 Å². The van der Waals surface area contributed by atoms with Crippen LogP contribution < -0.4 is 10.6 Å². The lowest BCUT2D eigenvalue weighted by atomic mass is 10.1. The van der Waals surface area contributed by atoms with Crippen LogP contribution in [-0.4, -0.2) is 52.8 Å². The fraction of sp³-hybridized carbons (Fsp3) is 0.500. The number of Topliss-reactive ketones (excluding diaryl/α,β-unsaturated/α-hetero) is 1. The highest BCUT2D eigenvalue weighted by molar-refractivity contribution is 5.98. The first-order valence-corrected chi connectivity index (χ1v) is 13.5. The Morgan fingerprint density at radius 1 is 0.946 bits per heavy atom. The fourth-order valence-corrected chi connectivity index (χ4v) is 4.23. The third-order valence-corrected chi connectivity index (χ3v) is 6.59. The van der Waals surface area contributed by atoms with Crippen LogP contribution in [-0.2, 0) is 6.54 Å². The van der Waals surface area contributed by atoms with Gasteiger partial charge in [-0.05, 0) is 94.1 Å². The third kappa shape index (κ3) is 7.89. The van der Waals surface area contributed by atoms with Gasteiger partial charge in [0.05, 0.1) is 11.0 Å². The van der Waals surface area contributed by atoms with E-state index in [1.807, 2.05) is 54.4 Å². The highest BCUT2D eigenvalue weighted by atomic mass is 16.2. The number of ketones is 1. The van der Waals surface area contributed by atoms with Gasteiger partial charge in [-0.3, -0.25) is 9.59 Å². The van der Waals surface area contributed by atoms with Crippen molar-refractivity contribution >= 4 is 34.4 Å². The standard InChI is InChI=1S/C30H43N5O2/c1-21(2)14-18-34(19-15-22(3)4)29(37)25-10-13-27-28(20-25)35(17-7-16-31-6)30(33-27)32-26-11-8-24(9-12-26)23(5)36/h8-13,20-22,31H,7,14-19H2,1-6H3,(H,32,33). The average molecular weight is 506 g/mol. The lowest BCUT2D eigenvalue weighted by molar-refractivity contribution is 0.0740. The zero-order valence-electron chi connectivity index (χ0n) is 23.3. The summed E-state index contributed by atoms with van der Waals surface area (Å²) in [6, 6.07) is 13.3. The largest absolute Gasteiger partial charge is 0.339 e. The number of imidazole rings is 1. The van der Waals surface area contributed by atoms with Crippen molar-refractivity contribution in [2.24, 2.45) is 11.8 Å². The molecule has 0 spiro atoms.